The predicted octanol–water partition coefficient (Wildman–Crippen LogP) is -1.11. The molecule has 1 aliphatic carbocycles. The molecule has 0 atom stereocenters. The van der Waals surface area contributed by atoms with Crippen molar-refractivity contribution in [2.24, 2.45) is 11.5 Å². The first-order chi connectivity index (χ1) is 8.51. The van der Waals surface area contributed by atoms with E-state index >= 15 is 0 Å². The molecule has 18 heavy (non-hydrogen) atoms. The second kappa shape index (κ2) is 5.24. The van der Waals surface area contributed by atoms with Crippen LogP contribution in [0, 0.1) is 0 Å². The standard InChI is InChI=1S/C12H22N4O2/c13-10(17)9-15-5-2-6-16(8-7-15)11(18)12(14)3-1-4-12/h1-9,14H2,(H2,13,17). The summed E-state index contributed by atoms with van der Waals surface area (Å²) in [7, 11) is 0. The van der Waals surface area contributed by atoms with Crippen LogP contribution in [-0.2, 0) is 9.59 Å². The molecule has 102 valence electrons. The van der Waals surface area contributed by atoms with Crippen LogP contribution in [0.15, 0.2) is 0 Å². The quantitative estimate of drug-likeness (QED) is 0.668. The Morgan fingerprint density at radius 2 is 1.78 bits per heavy atom. The zero-order valence-electron chi connectivity index (χ0n) is 10.7. The third-order valence-electron chi connectivity index (χ3n) is 3.93. The van der Waals surface area contributed by atoms with Gasteiger partial charge in [-0.05, 0) is 25.7 Å². The second-order valence-corrected chi connectivity index (χ2v) is 5.40. The second-order valence-electron chi connectivity index (χ2n) is 5.40. The van der Waals surface area contributed by atoms with Crippen LogP contribution < -0.4 is 11.5 Å². The van der Waals surface area contributed by atoms with Gasteiger partial charge in [-0.3, -0.25) is 14.5 Å². The van der Waals surface area contributed by atoms with Crippen LogP contribution in [0.3, 0.4) is 0 Å². The van der Waals surface area contributed by atoms with E-state index in [1.54, 1.807) is 0 Å². The molecule has 4 N–H and O–H groups in total. The van der Waals surface area contributed by atoms with Crippen molar-refractivity contribution in [1.82, 2.24) is 9.80 Å². The molecule has 1 heterocycles. The summed E-state index contributed by atoms with van der Waals surface area (Å²) in [6, 6.07) is 0. The Kier molecular flexibility index (Phi) is 3.87. The van der Waals surface area contributed by atoms with Crippen molar-refractivity contribution in [3.63, 3.8) is 0 Å². The first-order valence-corrected chi connectivity index (χ1v) is 6.60. The smallest absolute Gasteiger partial charge is 0.242 e. The van der Waals surface area contributed by atoms with Gasteiger partial charge in [-0.15, -0.1) is 0 Å². The molecule has 0 aromatic carbocycles. The Morgan fingerprint density at radius 3 is 2.33 bits per heavy atom. The molecule has 1 aliphatic heterocycles. The fourth-order valence-corrected chi connectivity index (χ4v) is 2.64. The molecular weight excluding hydrogens is 232 g/mol. The number of hydrogen-bond donors (Lipinski definition) is 2. The maximum absolute atomic E-state index is 12.3. The van der Waals surface area contributed by atoms with E-state index in [0.29, 0.717) is 13.1 Å². The molecule has 0 aromatic rings. The summed E-state index contributed by atoms with van der Waals surface area (Å²) < 4.78 is 0. The summed E-state index contributed by atoms with van der Waals surface area (Å²) in [5, 5.41) is 0. The van der Waals surface area contributed by atoms with Gasteiger partial charge >= 0.3 is 0 Å². The van der Waals surface area contributed by atoms with Crippen molar-refractivity contribution in [3.8, 4) is 0 Å². The molecule has 1 saturated heterocycles. The van der Waals surface area contributed by atoms with E-state index in [-0.39, 0.29) is 18.4 Å². The maximum Gasteiger partial charge on any atom is 0.242 e. The van der Waals surface area contributed by atoms with Gasteiger partial charge in [0, 0.05) is 26.2 Å². The van der Waals surface area contributed by atoms with Gasteiger partial charge in [0.25, 0.3) is 0 Å². The van der Waals surface area contributed by atoms with Crippen LogP contribution in [-0.4, -0.2) is 59.9 Å². The van der Waals surface area contributed by atoms with E-state index in [1.165, 1.54) is 0 Å². The monoisotopic (exact) mass is 254 g/mol. The minimum Gasteiger partial charge on any atom is -0.369 e. The third kappa shape index (κ3) is 2.81. The van der Waals surface area contributed by atoms with Crippen LogP contribution in [0.5, 0.6) is 0 Å². The van der Waals surface area contributed by atoms with E-state index in [9.17, 15) is 9.59 Å². The molecule has 2 amide bonds. The number of carbonyl (C=O) groups is 2. The molecule has 1 saturated carbocycles. The number of primary amides is 1. The van der Waals surface area contributed by atoms with Crippen LogP contribution in [0.1, 0.15) is 25.7 Å². The van der Waals surface area contributed by atoms with E-state index < -0.39 is 5.54 Å². The lowest BCUT2D eigenvalue weighted by molar-refractivity contribution is -0.140. The largest absolute Gasteiger partial charge is 0.369 e. The predicted molar refractivity (Wildman–Crippen MR) is 67.6 cm³/mol. The third-order valence-corrected chi connectivity index (χ3v) is 3.93. The number of rotatable bonds is 3. The first-order valence-electron chi connectivity index (χ1n) is 6.60. The highest BCUT2D eigenvalue weighted by Crippen LogP contribution is 2.31. The minimum absolute atomic E-state index is 0.0784. The number of nitrogens with zero attached hydrogens (tertiary/aromatic N) is 2. The Morgan fingerprint density at radius 1 is 1.06 bits per heavy atom. The molecule has 6 heteroatoms. The first kappa shape index (κ1) is 13.3. The lowest BCUT2D eigenvalue weighted by Gasteiger charge is -2.40. The van der Waals surface area contributed by atoms with Gasteiger partial charge in [0.15, 0.2) is 0 Å². The lowest BCUT2D eigenvalue weighted by Crippen LogP contribution is -2.60. The maximum atomic E-state index is 12.3. The van der Waals surface area contributed by atoms with Crippen molar-refractivity contribution in [2.75, 3.05) is 32.7 Å². The van der Waals surface area contributed by atoms with Crippen molar-refractivity contribution >= 4 is 11.8 Å². The highest BCUT2D eigenvalue weighted by molar-refractivity contribution is 5.87. The normalized spacial score (nSPS) is 24.2. The minimum atomic E-state index is -0.612. The van der Waals surface area contributed by atoms with E-state index in [0.717, 1.165) is 38.8 Å². The van der Waals surface area contributed by atoms with Gasteiger partial charge < -0.3 is 16.4 Å². The van der Waals surface area contributed by atoms with Crippen LogP contribution in [0.2, 0.25) is 0 Å². The molecule has 2 rings (SSSR count). The average molecular weight is 254 g/mol. The van der Waals surface area contributed by atoms with Gasteiger partial charge in [0.2, 0.25) is 11.8 Å². The van der Waals surface area contributed by atoms with Gasteiger partial charge in [0.1, 0.15) is 0 Å². The number of nitrogens with two attached hydrogens (primary N) is 2. The lowest BCUT2D eigenvalue weighted by atomic mass is 9.76. The fourth-order valence-electron chi connectivity index (χ4n) is 2.64. The zero-order chi connectivity index (χ0) is 13.2. The average Bonchev–Trinajstić information content (AvgIpc) is 2.50. The number of amides is 2. The van der Waals surface area contributed by atoms with Crippen LogP contribution in [0.25, 0.3) is 0 Å². The summed E-state index contributed by atoms with van der Waals surface area (Å²) in [5.41, 5.74) is 10.6. The fraction of sp³-hybridized carbons (Fsp3) is 0.833. The van der Waals surface area contributed by atoms with Crippen LogP contribution in [0.4, 0.5) is 0 Å². The van der Waals surface area contributed by atoms with Crippen molar-refractivity contribution in [1.29, 1.82) is 0 Å². The zero-order valence-corrected chi connectivity index (χ0v) is 10.7. The van der Waals surface area contributed by atoms with Gasteiger partial charge in [-0.25, -0.2) is 0 Å². The van der Waals surface area contributed by atoms with Gasteiger partial charge in [0.05, 0.1) is 12.1 Å². The SMILES string of the molecule is NC(=O)CN1CCCN(C(=O)C2(N)CCC2)CC1. The highest BCUT2D eigenvalue weighted by Gasteiger charge is 2.42. The van der Waals surface area contributed by atoms with E-state index in [4.69, 9.17) is 11.5 Å². The molecule has 0 radical (unpaired) electrons. The molecule has 0 aromatic heterocycles. The molecule has 0 bridgehead atoms. The van der Waals surface area contributed by atoms with E-state index in [1.807, 2.05) is 9.80 Å². The highest BCUT2D eigenvalue weighted by atomic mass is 16.2. The Labute approximate surface area is 107 Å². The summed E-state index contributed by atoms with van der Waals surface area (Å²) in [4.78, 5) is 27.0. The molecule has 0 unspecified atom stereocenters. The molecule has 0 spiro atoms. The number of carbonyl (C=O) groups excluding carboxylic acids is 2. The Hall–Kier alpha value is -1.14. The topological polar surface area (TPSA) is 92.7 Å². The molecule has 6 nitrogen and oxygen atoms in total. The van der Waals surface area contributed by atoms with Gasteiger partial charge in [-0.1, -0.05) is 0 Å². The van der Waals surface area contributed by atoms with Crippen LogP contribution >= 0.6 is 0 Å². The molecular formula is C12H22N4O2. The van der Waals surface area contributed by atoms with Gasteiger partial charge in [-0.2, -0.15) is 0 Å². The summed E-state index contributed by atoms with van der Waals surface area (Å²) in [6.45, 7) is 3.16. The van der Waals surface area contributed by atoms with Crippen molar-refractivity contribution < 1.29 is 9.59 Å². The Bertz CT molecular complexity index is 341. The summed E-state index contributed by atoms with van der Waals surface area (Å²) >= 11 is 0. The summed E-state index contributed by atoms with van der Waals surface area (Å²) in [5.74, 6) is -0.237. The Balaban J connectivity index is 1.88. The van der Waals surface area contributed by atoms with Crippen molar-refractivity contribution in [3.05, 3.63) is 0 Å². The molecule has 2 fully saturated rings. The van der Waals surface area contributed by atoms with E-state index in [2.05, 4.69) is 0 Å². The summed E-state index contributed by atoms with van der Waals surface area (Å²) in [6.07, 6.45) is 3.51. The van der Waals surface area contributed by atoms with Crippen molar-refractivity contribution in [2.45, 2.75) is 31.2 Å². The molecule has 2 aliphatic rings. The number of hydrogen-bond acceptors (Lipinski definition) is 4.